The Hall–Kier alpha value is -2.53. The van der Waals surface area contributed by atoms with Gasteiger partial charge in [-0.05, 0) is 42.3 Å². The van der Waals surface area contributed by atoms with E-state index in [9.17, 15) is 14.7 Å². The number of hydrogen-bond donors (Lipinski definition) is 2. The Balaban J connectivity index is 1.79. The van der Waals surface area contributed by atoms with E-state index in [1.165, 1.54) is 0 Å². The summed E-state index contributed by atoms with van der Waals surface area (Å²) in [5, 5.41) is 12.6. The lowest BCUT2D eigenvalue weighted by molar-refractivity contribution is -0.117. The molecule has 1 aliphatic rings. The van der Waals surface area contributed by atoms with Crippen molar-refractivity contribution in [1.82, 2.24) is 5.32 Å². The standard InChI is InChI=1S/C18H17ClN2O3/c19-13-5-8-15(16(10-13)21-9-1-2-17(21)23)18(24)20-11-12-3-6-14(22)7-4-12/h3-8,10,22H,1-2,9,11H2,(H,20,24). The lowest BCUT2D eigenvalue weighted by atomic mass is 10.1. The molecule has 1 heterocycles. The Labute approximate surface area is 144 Å². The second-order valence-corrected chi connectivity index (χ2v) is 6.10. The number of nitrogens with zero attached hydrogens (tertiary/aromatic N) is 1. The Morgan fingerprint density at radius 2 is 1.96 bits per heavy atom. The first-order valence-corrected chi connectivity index (χ1v) is 8.08. The first kappa shape index (κ1) is 16.3. The smallest absolute Gasteiger partial charge is 0.253 e. The van der Waals surface area contributed by atoms with Crippen molar-refractivity contribution in [3.63, 3.8) is 0 Å². The third-order valence-electron chi connectivity index (χ3n) is 3.96. The molecular formula is C18H17ClN2O3. The number of nitrogens with one attached hydrogen (secondary N) is 1. The number of phenols is 1. The number of rotatable bonds is 4. The number of carbonyl (C=O) groups is 2. The van der Waals surface area contributed by atoms with Crippen molar-refractivity contribution in [1.29, 1.82) is 0 Å². The van der Waals surface area contributed by atoms with E-state index in [0.717, 1.165) is 12.0 Å². The summed E-state index contributed by atoms with van der Waals surface area (Å²) in [6.45, 7) is 0.923. The average Bonchev–Trinajstić information content (AvgIpc) is 3.00. The molecule has 2 aromatic carbocycles. The fourth-order valence-electron chi connectivity index (χ4n) is 2.71. The predicted octanol–water partition coefficient (Wildman–Crippen LogP) is 3.10. The molecule has 1 saturated heterocycles. The summed E-state index contributed by atoms with van der Waals surface area (Å²) in [7, 11) is 0. The van der Waals surface area contributed by atoms with Crippen LogP contribution in [0.5, 0.6) is 5.75 Å². The minimum Gasteiger partial charge on any atom is -0.508 e. The summed E-state index contributed by atoms with van der Waals surface area (Å²) < 4.78 is 0. The molecule has 0 spiro atoms. The highest BCUT2D eigenvalue weighted by atomic mass is 35.5. The van der Waals surface area contributed by atoms with Crippen molar-refractivity contribution in [2.75, 3.05) is 11.4 Å². The highest BCUT2D eigenvalue weighted by Gasteiger charge is 2.26. The van der Waals surface area contributed by atoms with Gasteiger partial charge in [0.2, 0.25) is 5.91 Å². The zero-order chi connectivity index (χ0) is 17.1. The second kappa shape index (κ2) is 6.93. The van der Waals surface area contributed by atoms with Gasteiger partial charge in [-0.25, -0.2) is 0 Å². The van der Waals surface area contributed by atoms with E-state index in [1.807, 2.05) is 0 Å². The number of benzene rings is 2. The molecule has 0 unspecified atom stereocenters. The molecule has 0 saturated carbocycles. The van der Waals surface area contributed by atoms with E-state index < -0.39 is 0 Å². The van der Waals surface area contributed by atoms with Crippen LogP contribution in [0.2, 0.25) is 5.02 Å². The van der Waals surface area contributed by atoms with Gasteiger partial charge in [-0.2, -0.15) is 0 Å². The largest absolute Gasteiger partial charge is 0.508 e. The second-order valence-electron chi connectivity index (χ2n) is 5.66. The molecule has 5 nitrogen and oxygen atoms in total. The number of amides is 2. The van der Waals surface area contributed by atoms with Gasteiger partial charge >= 0.3 is 0 Å². The molecule has 0 aliphatic carbocycles. The zero-order valence-electron chi connectivity index (χ0n) is 13.0. The van der Waals surface area contributed by atoms with E-state index in [0.29, 0.717) is 35.8 Å². The van der Waals surface area contributed by atoms with Crippen molar-refractivity contribution in [2.45, 2.75) is 19.4 Å². The SMILES string of the molecule is O=C(NCc1ccc(O)cc1)c1ccc(Cl)cc1N1CCCC1=O. The number of anilines is 1. The molecule has 24 heavy (non-hydrogen) atoms. The zero-order valence-corrected chi connectivity index (χ0v) is 13.7. The Kier molecular flexibility index (Phi) is 4.71. The van der Waals surface area contributed by atoms with Crippen LogP contribution in [0.15, 0.2) is 42.5 Å². The molecule has 2 aromatic rings. The highest BCUT2D eigenvalue weighted by molar-refractivity contribution is 6.31. The number of phenolic OH excluding ortho intramolecular Hbond substituents is 1. The van der Waals surface area contributed by atoms with Crippen LogP contribution in [0, 0.1) is 0 Å². The van der Waals surface area contributed by atoms with E-state index in [4.69, 9.17) is 11.6 Å². The Morgan fingerprint density at radius 1 is 1.21 bits per heavy atom. The fourth-order valence-corrected chi connectivity index (χ4v) is 2.88. The molecule has 0 radical (unpaired) electrons. The predicted molar refractivity (Wildman–Crippen MR) is 92.3 cm³/mol. The van der Waals surface area contributed by atoms with E-state index >= 15 is 0 Å². The maximum atomic E-state index is 12.5. The summed E-state index contributed by atoms with van der Waals surface area (Å²) in [5.74, 6) is -0.0862. The Morgan fingerprint density at radius 3 is 2.62 bits per heavy atom. The summed E-state index contributed by atoms with van der Waals surface area (Å²) in [6.07, 6.45) is 1.26. The topological polar surface area (TPSA) is 69.6 Å². The molecular weight excluding hydrogens is 328 g/mol. The number of aromatic hydroxyl groups is 1. The van der Waals surface area contributed by atoms with Crippen LogP contribution in [0.4, 0.5) is 5.69 Å². The monoisotopic (exact) mass is 344 g/mol. The molecule has 6 heteroatoms. The van der Waals surface area contributed by atoms with Gasteiger partial charge in [0.25, 0.3) is 5.91 Å². The molecule has 0 atom stereocenters. The minimum atomic E-state index is -0.269. The van der Waals surface area contributed by atoms with Gasteiger partial charge in [-0.1, -0.05) is 23.7 Å². The molecule has 2 amide bonds. The van der Waals surface area contributed by atoms with E-state index in [1.54, 1.807) is 47.4 Å². The molecule has 0 bridgehead atoms. The highest BCUT2D eigenvalue weighted by Crippen LogP contribution is 2.28. The van der Waals surface area contributed by atoms with E-state index in [-0.39, 0.29) is 17.6 Å². The van der Waals surface area contributed by atoms with Crippen LogP contribution >= 0.6 is 11.6 Å². The number of hydrogen-bond acceptors (Lipinski definition) is 3. The van der Waals surface area contributed by atoms with Crippen LogP contribution < -0.4 is 10.2 Å². The van der Waals surface area contributed by atoms with Gasteiger partial charge in [-0.3, -0.25) is 9.59 Å². The van der Waals surface area contributed by atoms with Crippen LogP contribution in [-0.2, 0) is 11.3 Å². The van der Waals surface area contributed by atoms with Crippen molar-refractivity contribution in [3.05, 3.63) is 58.6 Å². The van der Waals surface area contributed by atoms with Crippen molar-refractivity contribution in [3.8, 4) is 5.75 Å². The van der Waals surface area contributed by atoms with Gasteiger partial charge in [-0.15, -0.1) is 0 Å². The summed E-state index contributed by atoms with van der Waals surface area (Å²) in [4.78, 5) is 26.2. The number of halogens is 1. The molecule has 2 N–H and O–H groups in total. The molecule has 3 rings (SSSR count). The maximum absolute atomic E-state index is 12.5. The van der Waals surface area contributed by atoms with Gasteiger partial charge in [0.15, 0.2) is 0 Å². The minimum absolute atomic E-state index is 0.00449. The van der Waals surface area contributed by atoms with E-state index in [2.05, 4.69) is 5.32 Å². The van der Waals surface area contributed by atoms with Crippen LogP contribution in [0.25, 0.3) is 0 Å². The molecule has 1 fully saturated rings. The summed E-state index contributed by atoms with van der Waals surface area (Å²) in [6, 6.07) is 11.5. The van der Waals surface area contributed by atoms with Crippen molar-refractivity contribution < 1.29 is 14.7 Å². The maximum Gasteiger partial charge on any atom is 0.253 e. The van der Waals surface area contributed by atoms with Gasteiger partial charge in [0.05, 0.1) is 11.3 Å². The average molecular weight is 345 g/mol. The fraction of sp³-hybridized carbons (Fsp3) is 0.222. The van der Waals surface area contributed by atoms with Crippen molar-refractivity contribution >= 4 is 29.1 Å². The third kappa shape index (κ3) is 3.51. The summed E-state index contributed by atoms with van der Waals surface area (Å²) >= 11 is 6.04. The molecule has 0 aromatic heterocycles. The van der Waals surface area contributed by atoms with Crippen LogP contribution in [0.3, 0.4) is 0 Å². The first-order valence-electron chi connectivity index (χ1n) is 7.70. The number of carbonyl (C=O) groups excluding carboxylic acids is 2. The molecule has 124 valence electrons. The lowest BCUT2D eigenvalue weighted by Crippen LogP contribution is -2.29. The third-order valence-corrected chi connectivity index (χ3v) is 4.19. The normalized spacial score (nSPS) is 14.0. The van der Waals surface area contributed by atoms with Crippen LogP contribution in [-0.4, -0.2) is 23.5 Å². The van der Waals surface area contributed by atoms with Gasteiger partial charge in [0.1, 0.15) is 5.75 Å². The quantitative estimate of drug-likeness (QED) is 0.895. The van der Waals surface area contributed by atoms with Crippen molar-refractivity contribution in [2.24, 2.45) is 0 Å². The lowest BCUT2D eigenvalue weighted by Gasteiger charge is -2.19. The Bertz CT molecular complexity index is 774. The summed E-state index contributed by atoms with van der Waals surface area (Å²) in [5.41, 5.74) is 1.84. The first-order chi connectivity index (χ1) is 11.5. The van der Waals surface area contributed by atoms with Gasteiger partial charge in [0, 0.05) is 24.5 Å². The van der Waals surface area contributed by atoms with Gasteiger partial charge < -0.3 is 15.3 Å². The molecule has 1 aliphatic heterocycles. The van der Waals surface area contributed by atoms with Crippen LogP contribution in [0.1, 0.15) is 28.8 Å².